The summed E-state index contributed by atoms with van der Waals surface area (Å²) in [5.41, 5.74) is 0.635. The Morgan fingerprint density at radius 1 is 1.47 bits per heavy atom. The van der Waals surface area contributed by atoms with Crippen molar-refractivity contribution in [2.75, 3.05) is 4.72 Å². The first kappa shape index (κ1) is 12.6. The van der Waals surface area contributed by atoms with Gasteiger partial charge in [-0.2, -0.15) is 13.5 Å². The lowest BCUT2D eigenvalue weighted by molar-refractivity contribution is 0.593. The van der Waals surface area contributed by atoms with Gasteiger partial charge in [-0.25, -0.2) is 4.98 Å². The smallest absolute Gasteiger partial charge is 0.280 e. The molecule has 1 fully saturated rings. The van der Waals surface area contributed by atoms with Gasteiger partial charge >= 0.3 is 0 Å². The van der Waals surface area contributed by atoms with Gasteiger partial charge in [-0.3, -0.25) is 9.82 Å². The van der Waals surface area contributed by atoms with E-state index in [2.05, 4.69) is 25.2 Å². The molecule has 7 nitrogen and oxygen atoms in total. The van der Waals surface area contributed by atoms with Gasteiger partial charge in [-0.15, -0.1) is 11.3 Å². The number of hydrogen-bond donors (Lipinski definition) is 3. The zero-order valence-electron chi connectivity index (χ0n) is 9.96. The molecule has 102 valence electrons. The Morgan fingerprint density at radius 3 is 3.00 bits per heavy atom. The van der Waals surface area contributed by atoms with Gasteiger partial charge in [0.1, 0.15) is 0 Å². The first-order valence-electron chi connectivity index (χ1n) is 5.83. The topological polar surface area (TPSA) is 99.8 Å². The second-order valence-corrected chi connectivity index (χ2v) is 6.84. The summed E-state index contributed by atoms with van der Waals surface area (Å²) >= 11 is 1.23. The van der Waals surface area contributed by atoms with E-state index in [4.69, 9.17) is 0 Å². The van der Waals surface area contributed by atoms with Crippen molar-refractivity contribution in [2.45, 2.75) is 30.5 Å². The molecule has 3 N–H and O–H groups in total. The molecule has 3 rings (SSSR count). The number of aromatic nitrogens is 3. The Bertz CT molecular complexity index is 645. The van der Waals surface area contributed by atoms with Crippen molar-refractivity contribution in [1.29, 1.82) is 0 Å². The average Bonchev–Trinajstić information content (AvgIpc) is 2.87. The molecule has 0 aromatic carbocycles. The minimum absolute atomic E-state index is 0.0934. The van der Waals surface area contributed by atoms with Crippen molar-refractivity contribution >= 4 is 26.5 Å². The molecule has 1 aliphatic rings. The number of H-pyrrole nitrogens is 1. The van der Waals surface area contributed by atoms with E-state index in [0.717, 1.165) is 12.8 Å². The van der Waals surface area contributed by atoms with Crippen LogP contribution in [-0.4, -0.2) is 29.6 Å². The second kappa shape index (κ2) is 4.91. The maximum absolute atomic E-state index is 12.2. The van der Waals surface area contributed by atoms with Gasteiger partial charge in [0.15, 0.2) is 10.2 Å². The van der Waals surface area contributed by atoms with Crippen LogP contribution in [0.2, 0.25) is 0 Å². The largest absolute Gasteiger partial charge is 0.310 e. The molecule has 0 unspecified atom stereocenters. The van der Waals surface area contributed by atoms with Crippen LogP contribution in [0, 0.1) is 0 Å². The van der Waals surface area contributed by atoms with Crippen molar-refractivity contribution in [3.8, 4) is 0 Å². The Morgan fingerprint density at radius 2 is 2.32 bits per heavy atom. The quantitative estimate of drug-likeness (QED) is 0.736. The van der Waals surface area contributed by atoms with E-state index in [9.17, 15) is 8.42 Å². The van der Waals surface area contributed by atoms with Gasteiger partial charge in [-0.05, 0) is 12.8 Å². The predicted molar refractivity (Wildman–Crippen MR) is 71.4 cm³/mol. The third-order valence-corrected chi connectivity index (χ3v) is 4.93. The van der Waals surface area contributed by atoms with E-state index < -0.39 is 10.0 Å². The summed E-state index contributed by atoms with van der Waals surface area (Å²) in [6, 6.07) is 0.511. The monoisotopic (exact) mass is 299 g/mol. The van der Waals surface area contributed by atoms with Gasteiger partial charge in [0.25, 0.3) is 10.0 Å². The highest BCUT2D eigenvalue weighted by Crippen LogP contribution is 2.22. The molecule has 1 saturated carbocycles. The lowest BCUT2D eigenvalue weighted by Gasteiger charge is -2.06. The molecule has 9 heteroatoms. The van der Waals surface area contributed by atoms with Crippen molar-refractivity contribution < 1.29 is 8.42 Å². The number of nitrogens with one attached hydrogen (secondary N) is 3. The molecule has 19 heavy (non-hydrogen) atoms. The van der Waals surface area contributed by atoms with Crippen molar-refractivity contribution in [3.63, 3.8) is 0 Å². The van der Waals surface area contributed by atoms with E-state index >= 15 is 0 Å². The molecule has 2 aromatic heterocycles. The lowest BCUT2D eigenvalue weighted by Crippen LogP contribution is -2.19. The molecule has 2 aromatic rings. The van der Waals surface area contributed by atoms with E-state index in [-0.39, 0.29) is 5.03 Å². The maximum Gasteiger partial charge on any atom is 0.280 e. The Kier molecular flexibility index (Phi) is 3.25. The van der Waals surface area contributed by atoms with E-state index in [1.54, 1.807) is 11.6 Å². The van der Waals surface area contributed by atoms with E-state index in [0.29, 0.717) is 23.3 Å². The summed E-state index contributed by atoms with van der Waals surface area (Å²) < 4.78 is 26.8. The van der Waals surface area contributed by atoms with Crippen LogP contribution in [0.3, 0.4) is 0 Å². The summed E-state index contributed by atoms with van der Waals surface area (Å²) in [5.74, 6) is 0. The predicted octanol–water partition coefficient (Wildman–Crippen LogP) is 0.919. The summed E-state index contributed by atoms with van der Waals surface area (Å²) in [6.45, 7) is 0.495. The molecule has 0 atom stereocenters. The molecule has 2 heterocycles. The Labute approximate surface area is 114 Å². The summed E-state index contributed by atoms with van der Waals surface area (Å²) in [5, 5.41) is 11.8. The van der Waals surface area contributed by atoms with Crippen LogP contribution >= 0.6 is 11.3 Å². The van der Waals surface area contributed by atoms with Crippen LogP contribution in [-0.2, 0) is 16.6 Å². The van der Waals surface area contributed by atoms with Crippen LogP contribution in [0.5, 0.6) is 0 Å². The second-order valence-electron chi connectivity index (χ2n) is 4.32. The SMILES string of the molecule is O=S(=O)(Nc1nccs1)c1[nH]ncc1CNC1CC1. The minimum atomic E-state index is -3.66. The van der Waals surface area contributed by atoms with Gasteiger partial charge in [-0.1, -0.05) is 0 Å². The zero-order valence-corrected chi connectivity index (χ0v) is 11.6. The number of nitrogens with zero attached hydrogens (tertiary/aromatic N) is 2. The van der Waals surface area contributed by atoms with Crippen LogP contribution in [0.25, 0.3) is 0 Å². The highest BCUT2D eigenvalue weighted by Gasteiger charge is 2.24. The van der Waals surface area contributed by atoms with E-state index in [1.165, 1.54) is 17.5 Å². The van der Waals surface area contributed by atoms with Gasteiger partial charge in [0.05, 0.1) is 6.20 Å². The third-order valence-electron chi connectivity index (χ3n) is 2.76. The highest BCUT2D eigenvalue weighted by atomic mass is 32.2. The Balaban J connectivity index is 1.78. The lowest BCUT2D eigenvalue weighted by atomic mass is 10.3. The molecular formula is C10H13N5O2S2. The standard InChI is InChI=1S/C10H13N5O2S2/c16-19(17,15-10-11-3-4-18-10)9-7(6-13-14-9)5-12-8-1-2-8/h3-4,6,8,12H,1-2,5H2,(H,11,15)(H,13,14). The Hall–Kier alpha value is -1.45. The van der Waals surface area contributed by atoms with Gasteiger partial charge in [0.2, 0.25) is 0 Å². The average molecular weight is 299 g/mol. The van der Waals surface area contributed by atoms with Gasteiger partial charge < -0.3 is 5.32 Å². The molecular weight excluding hydrogens is 286 g/mol. The first-order chi connectivity index (χ1) is 9.15. The van der Waals surface area contributed by atoms with Crippen LogP contribution in [0.1, 0.15) is 18.4 Å². The number of aromatic amines is 1. The minimum Gasteiger partial charge on any atom is -0.310 e. The molecule has 0 aliphatic heterocycles. The molecule has 1 aliphatic carbocycles. The fourth-order valence-electron chi connectivity index (χ4n) is 1.64. The molecule has 0 radical (unpaired) electrons. The zero-order chi connectivity index (χ0) is 13.3. The fraction of sp³-hybridized carbons (Fsp3) is 0.400. The van der Waals surface area contributed by atoms with Crippen molar-refractivity contribution in [1.82, 2.24) is 20.5 Å². The van der Waals surface area contributed by atoms with Crippen LogP contribution in [0.15, 0.2) is 22.8 Å². The number of thiazole rings is 1. The molecule has 0 amide bonds. The van der Waals surface area contributed by atoms with Crippen LogP contribution in [0.4, 0.5) is 5.13 Å². The number of rotatable bonds is 6. The number of anilines is 1. The summed E-state index contributed by atoms with van der Waals surface area (Å²) in [4.78, 5) is 3.90. The first-order valence-corrected chi connectivity index (χ1v) is 8.19. The van der Waals surface area contributed by atoms with E-state index in [1.807, 2.05) is 0 Å². The van der Waals surface area contributed by atoms with Crippen LogP contribution < -0.4 is 10.0 Å². The van der Waals surface area contributed by atoms with Gasteiger partial charge in [0, 0.05) is 29.7 Å². The van der Waals surface area contributed by atoms with Crippen molar-refractivity contribution in [3.05, 3.63) is 23.3 Å². The maximum atomic E-state index is 12.2. The fourth-order valence-corrected chi connectivity index (χ4v) is 3.56. The number of hydrogen-bond acceptors (Lipinski definition) is 6. The van der Waals surface area contributed by atoms with Crippen molar-refractivity contribution in [2.24, 2.45) is 0 Å². The third kappa shape index (κ3) is 2.94. The summed E-state index contributed by atoms with van der Waals surface area (Å²) in [6.07, 6.45) is 5.38. The highest BCUT2D eigenvalue weighted by molar-refractivity contribution is 7.92. The number of sulfonamides is 1. The molecule has 0 saturated heterocycles. The molecule has 0 spiro atoms. The normalized spacial score (nSPS) is 15.6. The molecule has 0 bridgehead atoms. The summed E-state index contributed by atoms with van der Waals surface area (Å²) in [7, 11) is -3.66.